The predicted octanol–water partition coefficient (Wildman–Crippen LogP) is 4.03. The van der Waals surface area contributed by atoms with Crippen molar-refractivity contribution in [3.8, 4) is 0 Å². The highest BCUT2D eigenvalue weighted by Crippen LogP contribution is 2.21. The maximum atomic E-state index is 12.2. The SMILES string of the molecule is CCCCC(CC)C(=O)Nc1cccc(C(C)C(=O)O)c1. The van der Waals surface area contributed by atoms with Gasteiger partial charge in [-0.25, -0.2) is 0 Å². The molecule has 1 amide bonds. The Kier molecular flexibility index (Phi) is 6.92. The number of aliphatic carboxylic acids is 1. The van der Waals surface area contributed by atoms with Gasteiger partial charge in [-0.3, -0.25) is 9.59 Å². The predicted molar refractivity (Wildman–Crippen MR) is 84.4 cm³/mol. The van der Waals surface area contributed by atoms with Gasteiger partial charge in [0.15, 0.2) is 0 Å². The summed E-state index contributed by atoms with van der Waals surface area (Å²) < 4.78 is 0. The Bertz CT molecular complexity index is 485. The lowest BCUT2D eigenvalue weighted by atomic mass is 9.97. The van der Waals surface area contributed by atoms with E-state index in [1.165, 1.54) is 0 Å². The fraction of sp³-hybridized carbons (Fsp3) is 0.529. The summed E-state index contributed by atoms with van der Waals surface area (Å²) in [7, 11) is 0. The molecule has 116 valence electrons. The lowest BCUT2D eigenvalue weighted by Gasteiger charge is -2.15. The molecule has 1 aromatic carbocycles. The van der Waals surface area contributed by atoms with E-state index >= 15 is 0 Å². The highest BCUT2D eigenvalue weighted by molar-refractivity contribution is 5.92. The van der Waals surface area contributed by atoms with Gasteiger partial charge in [-0.1, -0.05) is 38.8 Å². The minimum Gasteiger partial charge on any atom is -0.481 e. The van der Waals surface area contributed by atoms with Crippen molar-refractivity contribution in [3.05, 3.63) is 29.8 Å². The van der Waals surface area contributed by atoms with Crippen molar-refractivity contribution < 1.29 is 14.7 Å². The average molecular weight is 291 g/mol. The molecule has 2 unspecified atom stereocenters. The summed E-state index contributed by atoms with van der Waals surface area (Å²) in [6, 6.07) is 7.08. The van der Waals surface area contributed by atoms with Gasteiger partial charge in [0.25, 0.3) is 0 Å². The Hall–Kier alpha value is -1.84. The van der Waals surface area contributed by atoms with Crippen molar-refractivity contribution in [1.29, 1.82) is 0 Å². The van der Waals surface area contributed by atoms with E-state index in [-0.39, 0.29) is 11.8 Å². The van der Waals surface area contributed by atoms with Crippen LogP contribution in [0.1, 0.15) is 57.9 Å². The smallest absolute Gasteiger partial charge is 0.310 e. The molecule has 2 atom stereocenters. The van der Waals surface area contributed by atoms with Gasteiger partial charge in [0.05, 0.1) is 5.92 Å². The van der Waals surface area contributed by atoms with Gasteiger partial charge in [-0.2, -0.15) is 0 Å². The second-order valence-corrected chi connectivity index (χ2v) is 5.42. The van der Waals surface area contributed by atoms with E-state index in [0.717, 1.165) is 25.7 Å². The number of carboxylic acids is 1. The molecule has 0 aromatic heterocycles. The van der Waals surface area contributed by atoms with Gasteiger partial charge in [0.2, 0.25) is 5.91 Å². The van der Waals surface area contributed by atoms with Crippen LogP contribution in [-0.4, -0.2) is 17.0 Å². The second-order valence-electron chi connectivity index (χ2n) is 5.42. The number of hydrogen-bond donors (Lipinski definition) is 2. The first-order valence-electron chi connectivity index (χ1n) is 7.63. The summed E-state index contributed by atoms with van der Waals surface area (Å²) >= 11 is 0. The number of anilines is 1. The second kappa shape index (κ2) is 8.45. The summed E-state index contributed by atoms with van der Waals surface area (Å²) in [4.78, 5) is 23.3. The van der Waals surface area contributed by atoms with Gasteiger partial charge in [-0.15, -0.1) is 0 Å². The highest BCUT2D eigenvalue weighted by atomic mass is 16.4. The molecule has 0 heterocycles. The van der Waals surface area contributed by atoms with Gasteiger partial charge in [-0.05, 0) is 37.5 Å². The van der Waals surface area contributed by atoms with E-state index in [2.05, 4.69) is 12.2 Å². The Morgan fingerprint density at radius 3 is 2.57 bits per heavy atom. The molecule has 1 rings (SSSR count). The molecule has 0 aliphatic rings. The van der Waals surface area contributed by atoms with Gasteiger partial charge in [0, 0.05) is 11.6 Å². The first kappa shape index (κ1) is 17.2. The maximum Gasteiger partial charge on any atom is 0.310 e. The molecule has 0 aliphatic carbocycles. The van der Waals surface area contributed by atoms with Crippen LogP contribution in [0, 0.1) is 5.92 Å². The first-order valence-corrected chi connectivity index (χ1v) is 7.63. The van der Waals surface area contributed by atoms with Crippen LogP contribution in [-0.2, 0) is 9.59 Å². The lowest BCUT2D eigenvalue weighted by molar-refractivity contribution is -0.138. The monoisotopic (exact) mass is 291 g/mol. The minimum atomic E-state index is -0.868. The quantitative estimate of drug-likeness (QED) is 0.760. The Morgan fingerprint density at radius 2 is 2.00 bits per heavy atom. The normalized spacial score (nSPS) is 13.5. The van der Waals surface area contributed by atoms with Crippen LogP contribution in [0.15, 0.2) is 24.3 Å². The van der Waals surface area contributed by atoms with Crippen LogP contribution in [0.4, 0.5) is 5.69 Å². The molecular formula is C17H25NO3. The van der Waals surface area contributed by atoms with E-state index < -0.39 is 11.9 Å². The Balaban J connectivity index is 2.76. The third-order valence-corrected chi connectivity index (χ3v) is 3.79. The molecular weight excluding hydrogens is 266 g/mol. The van der Waals surface area contributed by atoms with E-state index in [9.17, 15) is 9.59 Å². The molecule has 0 saturated heterocycles. The fourth-order valence-corrected chi connectivity index (χ4v) is 2.24. The lowest BCUT2D eigenvalue weighted by Crippen LogP contribution is -2.22. The standard InChI is InChI=1S/C17H25NO3/c1-4-6-8-13(5-2)16(19)18-15-10-7-9-14(11-15)12(3)17(20)21/h7,9-13H,4-6,8H2,1-3H3,(H,18,19)(H,20,21). The van der Waals surface area contributed by atoms with Crippen molar-refractivity contribution >= 4 is 17.6 Å². The van der Waals surface area contributed by atoms with Crippen molar-refractivity contribution in [2.24, 2.45) is 5.92 Å². The minimum absolute atomic E-state index is 0.0190. The highest BCUT2D eigenvalue weighted by Gasteiger charge is 2.17. The molecule has 0 fully saturated rings. The third-order valence-electron chi connectivity index (χ3n) is 3.79. The first-order chi connectivity index (χ1) is 9.99. The summed E-state index contributed by atoms with van der Waals surface area (Å²) in [6.07, 6.45) is 3.83. The number of unbranched alkanes of at least 4 members (excludes halogenated alkanes) is 1. The zero-order chi connectivity index (χ0) is 15.8. The van der Waals surface area contributed by atoms with Crippen LogP contribution < -0.4 is 5.32 Å². The zero-order valence-corrected chi connectivity index (χ0v) is 13.1. The van der Waals surface area contributed by atoms with Crippen molar-refractivity contribution in [3.63, 3.8) is 0 Å². The number of carboxylic acid groups (broad SMARTS) is 1. The summed E-state index contributed by atoms with van der Waals surface area (Å²) in [6.45, 7) is 5.77. The van der Waals surface area contributed by atoms with Crippen LogP contribution in [0.5, 0.6) is 0 Å². The van der Waals surface area contributed by atoms with Crippen LogP contribution >= 0.6 is 0 Å². The summed E-state index contributed by atoms with van der Waals surface area (Å²) in [5.41, 5.74) is 1.36. The molecule has 0 bridgehead atoms. The third kappa shape index (κ3) is 5.21. The number of amides is 1. The van der Waals surface area contributed by atoms with Gasteiger partial charge >= 0.3 is 5.97 Å². The molecule has 4 heteroatoms. The number of rotatable bonds is 8. The number of hydrogen-bond acceptors (Lipinski definition) is 2. The van der Waals surface area contributed by atoms with E-state index in [4.69, 9.17) is 5.11 Å². The topological polar surface area (TPSA) is 66.4 Å². The van der Waals surface area contributed by atoms with Crippen molar-refractivity contribution in [2.45, 2.75) is 52.4 Å². The average Bonchev–Trinajstić information content (AvgIpc) is 2.47. The van der Waals surface area contributed by atoms with Crippen molar-refractivity contribution in [2.75, 3.05) is 5.32 Å². The van der Waals surface area contributed by atoms with Gasteiger partial charge in [0.1, 0.15) is 0 Å². The van der Waals surface area contributed by atoms with Gasteiger partial charge < -0.3 is 10.4 Å². The van der Waals surface area contributed by atoms with E-state index in [0.29, 0.717) is 11.3 Å². The van der Waals surface area contributed by atoms with E-state index in [1.807, 2.05) is 6.92 Å². The molecule has 0 saturated carbocycles. The van der Waals surface area contributed by atoms with Crippen molar-refractivity contribution in [1.82, 2.24) is 0 Å². The molecule has 2 N–H and O–H groups in total. The summed E-state index contributed by atoms with van der Waals surface area (Å²) in [5, 5.41) is 11.9. The van der Waals surface area contributed by atoms with Crippen LogP contribution in [0.2, 0.25) is 0 Å². The van der Waals surface area contributed by atoms with E-state index in [1.54, 1.807) is 31.2 Å². The Labute approximate surface area is 126 Å². The largest absolute Gasteiger partial charge is 0.481 e. The number of carbonyl (C=O) groups is 2. The molecule has 21 heavy (non-hydrogen) atoms. The molecule has 0 aliphatic heterocycles. The molecule has 0 radical (unpaired) electrons. The number of carbonyl (C=O) groups excluding carboxylic acids is 1. The summed E-state index contributed by atoms with van der Waals surface area (Å²) in [5.74, 6) is -1.41. The van der Waals surface area contributed by atoms with Crippen LogP contribution in [0.25, 0.3) is 0 Å². The molecule has 4 nitrogen and oxygen atoms in total. The zero-order valence-electron chi connectivity index (χ0n) is 13.1. The maximum absolute atomic E-state index is 12.2. The molecule has 1 aromatic rings. The molecule has 0 spiro atoms. The number of benzene rings is 1. The Morgan fingerprint density at radius 1 is 1.29 bits per heavy atom. The van der Waals surface area contributed by atoms with Crippen LogP contribution in [0.3, 0.4) is 0 Å². The number of nitrogens with one attached hydrogen (secondary N) is 1. The fourth-order valence-electron chi connectivity index (χ4n) is 2.24.